The maximum Gasteiger partial charge on any atom is 0.273 e. The summed E-state index contributed by atoms with van der Waals surface area (Å²) in [4.78, 5) is 17.5. The molecule has 0 aliphatic heterocycles. The summed E-state index contributed by atoms with van der Waals surface area (Å²) in [5, 5.41) is 0. The molecular weight excluding hydrogens is 210 g/mol. The van der Waals surface area contributed by atoms with Gasteiger partial charge in [0.25, 0.3) is 5.56 Å². The maximum atomic E-state index is 11.1. The summed E-state index contributed by atoms with van der Waals surface area (Å²) in [6, 6.07) is 0. The second kappa shape index (κ2) is 2.20. The van der Waals surface area contributed by atoms with Crippen LogP contribution in [-0.4, -0.2) is 14.4 Å². The molecule has 0 aromatic carbocycles. The molecule has 2 heterocycles. The molecule has 11 heavy (non-hydrogen) atoms. The number of imidazole rings is 1. The van der Waals surface area contributed by atoms with Crippen LogP contribution in [0.5, 0.6) is 0 Å². The highest BCUT2D eigenvalue weighted by atomic mass is 79.9. The van der Waals surface area contributed by atoms with Gasteiger partial charge < -0.3 is 4.98 Å². The predicted octanol–water partition coefficient (Wildman–Crippen LogP) is 0.785. The van der Waals surface area contributed by atoms with E-state index in [0.29, 0.717) is 5.52 Å². The minimum atomic E-state index is -0.134. The molecule has 0 bridgehead atoms. The zero-order valence-electron chi connectivity index (χ0n) is 5.41. The van der Waals surface area contributed by atoms with Crippen LogP contribution < -0.4 is 5.56 Å². The van der Waals surface area contributed by atoms with Crippen molar-refractivity contribution in [2.24, 2.45) is 0 Å². The van der Waals surface area contributed by atoms with Crippen LogP contribution in [0.3, 0.4) is 0 Å². The van der Waals surface area contributed by atoms with E-state index < -0.39 is 0 Å². The molecule has 1 N–H and O–H groups in total. The van der Waals surface area contributed by atoms with Gasteiger partial charge in [-0.05, 0) is 15.9 Å². The number of halogens is 1. The van der Waals surface area contributed by atoms with Crippen LogP contribution in [0.15, 0.2) is 28.1 Å². The lowest BCUT2D eigenvalue weighted by Crippen LogP contribution is -2.07. The van der Waals surface area contributed by atoms with Gasteiger partial charge in [0.2, 0.25) is 0 Å². The number of hydrogen-bond acceptors (Lipinski definition) is 2. The molecule has 4 nitrogen and oxygen atoms in total. The van der Waals surface area contributed by atoms with E-state index in [0.717, 1.165) is 4.60 Å². The van der Waals surface area contributed by atoms with Gasteiger partial charge in [0, 0.05) is 6.20 Å². The highest BCUT2D eigenvalue weighted by Gasteiger charge is 1.99. The lowest BCUT2D eigenvalue weighted by atomic mass is 10.6. The molecule has 0 saturated carbocycles. The third-order valence-corrected chi connectivity index (χ3v) is 2.03. The first-order valence-corrected chi connectivity index (χ1v) is 3.77. The molecule has 0 fully saturated rings. The first kappa shape index (κ1) is 6.60. The summed E-state index contributed by atoms with van der Waals surface area (Å²) in [7, 11) is 0. The molecule has 0 amide bonds. The van der Waals surface area contributed by atoms with Crippen molar-refractivity contribution in [3.05, 3.63) is 33.7 Å². The standard InChI is InChI=1S/C6H4BrN3O/c7-5-2-9-6(11)4-1-8-3-10(4)5/h1-3H,(H,9,11). The molecule has 56 valence electrons. The average molecular weight is 214 g/mol. The Morgan fingerprint density at radius 2 is 2.45 bits per heavy atom. The Morgan fingerprint density at radius 1 is 1.64 bits per heavy atom. The molecule has 0 atom stereocenters. The molecule has 0 unspecified atom stereocenters. The van der Waals surface area contributed by atoms with Crippen LogP contribution in [-0.2, 0) is 0 Å². The van der Waals surface area contributed by atoms with Crippen LogP contribution in [0, 0.1) is 0 Å². The van der Waals surface area contributed by atoms with E-state index >= 15 is 0 Å². The molecule has 0 saturated heterocycles. The van der Waals surface area contributed by atoms with E-state index in [1.54, 1.807) is 16.9 Å². The fraction of sp³-hybridized carbons (Fsp3) is 0. The molecule has 2 aromatic rings. The number of nitrogens with zero attached hydrogens (tertiary/aromatic N) is 2. The highest BCUT2D eigenvalue weighted by molar-refractivity contribution is 9.10. The quantitative estimate of drug-likeness (QED) is 0.704. The Labute approximate surface area is 70.0 Å². The van der Waals surface area contributed by atoms with E-state index in [1.165, 1.54) is 6.20 Å². The van der Waals surface area contributed by atoms with Crippen molar-refractivity contribution in [2.45, 2.75) is 0 Å². The van der Waals surface area contributed by atoms with Crippen LogP contribution in [0.25, 0.3) is 5.52 Å². The largest absolute Gasteiger partial charge is 0.325 e. The average Bonchev–Trinajstić information content (AvgIpc) is 2.45. The first-order valence-electron chi connectivity index (χ1n) is 2.98. The summed E-state index contributed by atoms with van der Waals surface area (Å²) >= 11 is 3.26. The third kappa shape index (κ3) is 0.883. The van der Waals surface area contributed by atoms with E-state index in [1.807, 2.05) is 0 Å². The number of H-pyrrole nitrogens is 1. The zero-order chi connectivity index (χ0) is 7.84. The van der Waals surface area contributed by atoms with Crippen molar-refractivity contribution < 1.29 is 0 Å². The summed E-state index contributed by atoms with van der Waals surface area (Å²) in [5.41, 5.74) is 0.407. The van der Waals surface area contributed by atoms with Crippen molar-refractivity contribution in [1.82, 2.24) is 14.4 Å². The van der Waals surface area contributed by atoms with Gasteiger partial charge in [0.05, 0.1) is 6.20 Å². The smallest absolute Gasteiger partial charge is 0.273 e. The van der Waals surface area contributed by atoms with Crippen molar-refractivity contribution >= 4 is 21.4 Å². The molecule has 2 aromatic heterocycles. The lowest BCUT2D eigenvalue weighted by molar-refractivity contribution is 1.05. The molecule has 0 aliphatic carbocycles. The number of rotatable bonds is 0. The zero-order valence-corrected chi connectivity index (χ0v) is 7.00. The number of aromatic nitrogens is 3. The Morgan fingerprint density at radius 3 is 3.18 bits per heavy atom. The van der Waals surface area contributed by atoms with Crippen LogP contribution in [0.1, 0.15) is 0 Å². The normalized spacial score (nSPS) is 10.6. The van der Waals surface area contributed by atoms with E-state index in [-0.39, 0.29) is 5.56 Å². The summed E-state index contributed by atoms with van der Waals surface area (Å²) in [6.07, 6.45) is 4.68. The summed E-state index contributed by atoms with van der Waals surface area (Å²) in [5.74, 6) is 0. The number of hydrogen-bond donors (Lipinski definition) is 1. The molecular formula is C6H4BrN3O. The summed E-state index contributed by atoms with van der Waals surface area (Å²) in [6.45, 7) is 0. The second-order valence-corrected chi connectivity index (χ2v) is 2.90. The van der Waals surface area contributed by atoms with E-state index in [4.69, 9.17) is 0 Å². The Kier molecular flexibility index (Phi) is 1.32. The van der Waals surface area contributed by atoms with Crippen molar-refractivity contribution in [2.75, 3.05) is 0 Å². The number of fused-ring (bicyclic) bond motifs is 1. The van der Waals surface area contributed by atoms with Crippen molar-refractivity contribution in [3.63, 3.8) is 0 Å². The fourth-order valence-electron chi connectivity index (χ4n) is 0.902. The van der Waals surface area contributed by atoms with Gasteiger partial charge in [-0.25, -0.2) is 4.98 Å². The monoisotopic (exact) mass is 213 g/mol. The molecule has 5 heteroatoms. The van der Waals surface area contributed by atoms with Crippen LogP contribution in [0.4, 0.5) is 0 Å². The first-order chi connectivity index (χ1) is 5.29. The Bertz CT molecular complexity index is 444. The van der Waals surface area contributed by atoms with Crippen molar-refractivity contribution in [1.29, 1.82) is 0 Å². The minimum Gasteiger partial charge on any atom is -0.325 e. The molecule has 0 aliphatic rings. The maximum absolute atomic E-state index is 11.1. The van der Waals surface area contributed by atoms with E-state index in [9.17, 15) is 4.79 Å². The highest BCUT2D eigenvalue weighted by Crippen LogP contribution is 2.06. The second-order valence-electron chi connectivity index (χ2n) is 2.09. The SMILES string of the molecule is O=c1[nH]cc(Br)n2cncc12. The summed E-state index contributed by atoms with van der Waals surface area (Å²) < 4.78 is 2.45. The Hall–Kier alpha value is -1.10. The third-order valence-electron chi connectivity index (χ3n) is 1.42. The van der Waals surface area contributed by atoms with Gasteiger partial charge in [0.1, 0.15) is 16.4 Å². The topological polar surface area (TPSA) is 50.2 Å². The molecule has 2 rings (SSSR count). The molecule has 0 radical (unpaired) electrons. The van der Waals surface area contributed by atoms with Gasteiger partial charge >= 0.3 is 0 Å². The van der Waals surface area contributed by atoms with Crippen LogP contribution >= 0.6 is 15.9 Å². The van der Waals surface area contributed by atoms with Gasteiger partial charge in [-0.3, -0.25) is 9.20 Å². The molecule has 0 spiro atoms. The number of nitrogens with one attached hydrogen (secondary N) is 1. The van der Waals surface area contributed by atoms with Gasteiger partial charge in [-0.15, -0.1) is 0 Å². The predicted molar refractivity (Wildman–Crippen MR) is 43.5 cm³/mol. The van der Waals surface area contributed by atoms with Crippen molar-refractivity contribution in [3.8, 4) is 0 Å². The van der Waals surface area contributed by atoms with E-state index in [2.05, 4.69) is 25.9 Å². The van der Waals surface area contributed by atoms with Gasteiger partial charge in [0.15, 0.2) is 0 Å². The fourth-order valence-corrected chi connectivity index (χ4v) is 1.30. The number of aromatic amines is 1. The van der Waals surface area contributed by atoms with Gasteiger partial charge in [-0.1, -0.05) is 0 Å². The van der Waals surface area contributed by atoms with Gasteiger partial charge in [-0.2, -0.15) is 0 Å². The van der Waals surface area contributed by atoms with Crippen LogP contribution in [0.2, 0.25) is 0 Å². The lowest BCUT2D eigenvalue weighted by Gasteiger charge is -1.93. The minimum absolute atomic E-state index is 0.134. The Balaban J connectivity index is 3.08.